The molecule has 0 saturated carbocycles. The molecule has 1 aromatic carbocycles. The van der Waals surface area contributed by atoms with Crippen molar-refractivity contribution in [3.8, 4) is 0 Å². The van der Waals surface area contributed by atoms with Crippen molar-refractivity contribution in [2.45, 2.75) is 37.0 Å². The Labute approximate surface area is 104 Å². The van der Waals surface area contributed by atoms with Gasteiger partial charge in [-0.2, -0.15) is 11.8 Å². The smallest absolute Gasteiger partial charge is 0.159 e. The van der Waals surface area contributed by atoms with Crippen LogP contribution in [0.15, 0.2) is 18.2 Å². The first-order valence-corrected chi connectivity index (χ1v) is 6.95. The number of aliphatic hydroxyl groups excluding tert-OH is 1. The van der Waals surface area contributed by atoms with E-state index in [1.807, 2.05) is 0 Å². The van der Waals surface area contributed by atoms with E-state index in [0.717, 1.165) is 24.7 Å². The first-order chi connectivity index (χ1) is 8.16. The highest BCUT2D eigenvalue weighted by atomic mass is 32.2. The van der Waals surface area contributed by atoms with Gasteiger partial charge < -0.3 is 5.11 Å². The van der Waals surface area contributed by atoms with Crippen LogP contribution < -0.4 is 0 Å². The van der Waals surface area contributed by atoms with E-state index >= 15 is 0 Å². The topological polar surface area (TPSA) is 20.2 Å². The Morgan fingerprint density at radius 1 is 1.29 bits per heavy atom. The second kappa shape index (κ2) is 5.83. The van der Waals surface area contributed by atoms with Crippen LogP contribution >= 0.6 is 11.8 Å². The van der Waals surface area contributed by atoms with E-state index in [4.69, 9.17) is 0 Å². The second-order valence-corrected chi connectivity index (χ2v) is 5.77. The normalized spacial score (nSPS) is 22.4. The molecule has 2 unspecified atom stereocenters. The van der Waals surface area contributed by atoms with Crippen molar-refractivity contribution in [3.05, 3.63) is 35.4 Å². The lowest BCUT2D eigenvalue weighted by Gasteiger charge is -2.26. The van der Waals surface area contributed by atoms with Crippen LogP contribution in [0.4, 0.5) is 8.78 Å². The zero-order valence-corrected chi connectivity index (χ0v) is 10.4. The number of hydrogen-bond acceptors (Lipinski definition) is 2. The number of thioether (sulfide) groups is 1. The van der Waals surface area contributed by atoms with Crippen LogP contribution in [0.5, 0.6) is 0 Å². The van der Waals surface area contributed by atoms with Gasteiger partial charge in [0.2, 0.25) is 0 Å². The average molecular weight is 258 g/mol. The van der Waals surface area contributed by atoms with Crippen LogP contribution in [0.1, 0.15) is 24.8 Å². The van der Waals surface area contributed by atoms with E-state index in [9.17, 15) is 13.9 Å². The Morgan fingerprint density at radius 3 is 2.76 bits per heavy atom. The molecule has 1 N–H and O–H groups in total. The molecule has 0 radical (unpaired) electrons. The predicted molar refractivity (Wildman–Crippen MR) is 66.2 cm³/mol. The largest absolute Gasteiger partial charge is 0.392 e. The Morgan fingerprint density at radius 2 is 2.12 bits per heavy atom. The monoisotopic (exact) mass is 258 g/mol. The van der Waals surface area contributed by atoms with Crippen molar-refractivity contribution in [1.82, 2.24) is 0 Å². The minimum Gasteiger partial charge on any atom is -0.392 e. The molecule has 1 aromatic rings. The number of benzene rings is 1. The minimum absolute atomic E-state index is 0.233. The molecule has 1 heterocycles. The van der Waals surface area contributed by atoms with Crippen molar-refractivity contribution in [2.24, 2.45) is 0 Å². The van der Waals surface area contributed by atoms with Crippen molar-refractivity contribution in [2.75, 3.05) is 5.75 Å². The molecule has 1 nitrogen and oxygen atoms in total. The highest BCUT2D eigenvalue weighted by Crippen LogP contribution is 2.29. The molecule has 0 amide bonds. The van der Waals surface area contributed by atoms with Crippen molar-refractivity contribution < 1.29 is 13.9 Å². The summed E-state index contributed by atoms with van der Waals surface area (Å²) in [6, 6.07) is 3.83. The predicted octanol–water partition coefficient (Wildman–Crippen LogP) is 3.15. The van der Waals surface area contributed by atoms with E-state index in [1.165, 1.54) is 18.6 Å². The van der Waals surface area contributed by atoms with Gasteiger partial charge in [0.1, 0.15) is 0 Å². The van der Waals surface area contributed by atoms with Gasteiger partial charge in [-0.15, -0.1) is 0 Å². The first-order valence-electron chi connectivity index (χ1n) is 5.90. The van der Waals surface area contributed by atoms with Gasteiger partial charge in [0.25, 0.3) is 0 Å². The van der Waals surface area contributed by atoms with Gasteiger partial charge in [-0.25, -0.2) is 8.78 Å². The van der Waals surface area contributed by atoms with Crippen molar-refractivity contribution in [3.63, 3.8) is 0 Å². The number of hydrogen-bond donors (Lipinski definition) is 1. The summed E-state index contributed by atoms with van der Waals surface area (Å²) in [5, 5.41) is 10.3. The lowest BCUT2D eigenvalue weighted by atomic mass is 10.0. The van der Waals surface area contributed by atoms with E-state index in [2.05, 4.69) is 0 Å². The summed E-state index contributed by atoms with van der Waals surface area (Å²) in [7, 11) is 0. The van der Waals surface area contributed by atoms with Crippen molar-refractivity contribution in [1.29, 1.82) is 0 Å². The Kier molecular flexibility index (Phi) is 4.40. The third-order valence-electron chi connectivity index (χ3n) is 3.07. The van der Waals surface area contributed by atoms with E-state index in [0.29, 0.717) is 12.0 Å². The molecule has 0 spiro atoms. The van der Waals surface area contributed by atoms with Gasteiger partial charge in [0.15, 0.2) is 11.6 Å². The molecule has 0 bridgehead atoms. The first kappa shape index (κ1) is 12.8. The molecule has 94 valence electrons. The van der Waals surface area contributed by atoms with Crippen LogP contribution in [0.25, 0.3) is 0 Å². The molecule has 17 heavy (non-hydrogen) atoms. The summed E-state index contributed by atoms with van der Waals surface area (Å²) in [5.41, 5.74) is 0.655. The Bertz CT molecular complexity index is 378. The second-order valence-electron chi connectivity index (χ2n) is 4.42. The molecule has 1 saturated heterocycles. The fourth-order valence-electron chi connectivity index (χ4n) is 2.11. The zero-order valence-electron chi connectivity index (χ0n) is 9.53. The molecular weight excluding hydrogens is 242 g/mol. The van der Waals surface area contributed by atoms with Crippen LogP contribution in [-0.4, -0.2) is 22.2 Å². The molecule has 1 fully saturated rings. The SMILES string of the molecule is OC(Cc1ccc(F)c(F)c1)C1CCCCS1. The molecule has 2 rings (SSSR count). The average Bonchev–Trinajstić information content (AvgIpc) is 2.35. The van der Waals surface area contributed by atoms with Crippen LogP contribution in [0.3, 0.4) is 0 Å². The highest BCUT2D eigenvalue weighted by molar-refractivity contribution is 8.00. The third-order valence-corrected chi connectivity index (χ3v) is 4.58. The van der Waals surface area contributed by atoms with Gasteiger partial charge in [-0.05, 0) is 42.7 Å². The summed E-state index contributed by atoms with van der Waals surface area (Å²) >= 11 is 1.78. The molecule has 0 aromatic heterocycles. The minimum atomic E-state index is -0.842. The maximum atomic E-state index is 13.0. The van der Waals surface area contributed by atoms with Gasteiger partial charge in [-0.1, -0.05) is 12.5 Å². The maximum absolute atomic E-state index is 13.0. The van der Waals surface area contributed by atoms with Crippen LogP contribution in [0.2, 0.25) is 0 Å². The van der Waals surface area contributed by atoms with Gasteiger partial charge in [-0.3, -0.25) is 0 Å². The molecule has 2 atom stereocenters. The summed E-state index contributed by atoms with van der Waals surface area (Å²) in [6.07, 6.45) is 3.29. The Hall–Kier alpha value is -0.610. The summed E-state index contributed by atoms with van der Waals surface area (Å²) in [6.45, 7) is 0. The molecule has 4 heteroatoms. The Balaban J connectivity index is 1.96. The molecule has 1 aliphatic rings. The molecule has 1 aliphatic heterocycles. The zero-order chi connectivity index (χ0) is 12.3. The summed E-state index contributed by atoms with van der Waals surface area (Å²) < 4.78 is 25.8. The lowest BCUT2D eigenvalue weighted by molar-refractivity contribution is 0.166. The fraction of sp³-hybridized carbons (Fsp3) is 0.538. The third kappa shape index (κ3) is 3.42. The number of aliphatic hydroxyl groups is 1. The van der Waals surface area contributed by atoms with Gasteiger partial charge in [0, 0.05) is 5.25 Å². The summed E-state index contributed by atoms with van der Waals surface area (Å²) in [4.78, 5) is 0. The van der Waals surface area contributed by atoms with E-state index in [1.54, 1.807) is 11.8 Å². The van der Waals surface area contributed by atoms with Crippen LogP contribution in [-0.2, 0) is 6.42 Å². The number of halogens is 2. The molecular formula is C13H16F2OS. The maximum Gasteiger partial charge on any atom is 0.159 e. The van der Waals surface area contributed by atoms with Crippen LogP contribution in [0, 0.1) is 11.6 Å². The fourth-order valence-corrected chi connectivity index (χ4v) is 3.43. The standard InChI is InChI=1S/C13H16F2OS/c14-10-5-4-9(7-11(10)15)8-12(16)13-3-1-2-6-17-13/h4-5,7,12-13,16H,1-3,6,8H2. The van der Waals surface area contributed by atoms with Gasteiger partial charge >= 0.3 is 0 Å². The quantitative estimate of drug-likeness (QED) is 0.898. The van der Waals surface area contributed by atoms with E-state index < -0.39 is 17.7 Å². The van der Waals surface area contributed by atoms with Gasteiger partial charge in [0.05, 0.1) is 6.10 Å². The summed E-state index contributed by atoms with van der Waals surface area (Å²) in [5.74, 6) is -0.597. The van der Waals surface area contributed by atoms with E-state index in [-0.39, 0.29) is 5.25 Å². The molecule has 0 aliphatic carbocycles. The highest BCUT2D eigenvalue weighted by Gasteiger charge is 2.22. The number of rotatable bonds is 3. The lowest BCUT2D eigenvalue weighted by Crippen LogP contribution is -2.27. The van der Waals surface area contributed by atoms with Crippen molar-refractivity contribution >= 4 is 11.8 Å².